The molecular formula is C13H23NO2Si. The molecule has 0 radical (unpaired) electrons. The van der Waals surface area contributed by atoms with Crippen LogP contribution < -0.4 is 5.32 Å². The van der Waals surface area contributed by atoms with Crippen molar-refractivity contribution in [2.75, 3.05) is 19.5 Å². The van der Waals surface area contributed by atoms with Crippen molar-refractivity contribution in [3.05, 3.63) is 30.3 Å². The van der Waals surface area contributed by atoms with E-state index >= 15 is 0 Å². The van der Waals surface area contributed by atoms with Crippen molar-refractivity contribution in [3.63, 3.8) is 0 Å². The maximum absolute atomic E-state index is 5.64. The molecule has 1 N–H and O–H groups in total. The fraction of sp³-hybridized carbons (Fsp3) is 0.538. The van der Waals surface area contributed by atoms with Gasteiger partial charge in [0.1, 0.15) is 0 Å². The van der Waals surface area contributed by atoms with Gasteiger partial charge in [0.2, 0.25) is 0 Å². The molecule has 0 heterocycles. The average Bonchev–Trinajstić information content (AvgIpc) is 2.36. The summed E-state index contributed by atoms with van der Waals surface area (Å²) in [5.41, 5.74) is 1.33. The fourth-order valence-electron chi connectivity index (χ4n) is 1.95. The SMILES string of the molecule is CO[Si](C)(OC)C(Nc1ccccc1)C(C)C. The van der Waals surface area contributed by atoms with Gasteiger partial charge >= 0.3 is 8.56 Å². The van der Waals surface area contributed by atoms with Gasteiger partial charge in [-0.15, -0.1) is 0 Å². The molecule has 0 bridgehead atoms. The number of benzene rings is 1. The van der Waals surface area contributed by atoms with Crippen molar-refractivity contribution in [1.29, 1.82) is 0 Å². The maximum atomic E-state index is 5.64. The van der Waals surface area contributed by atoms with Gasteiger partial charge in [-0.05, 0) is 24.6 Å². The summed E-state index contributed by atoms with van der Waals surface area (Å²) in [6.45, 7) is 6.46. The largest absolute Gasteiger partial charge is 0.397 e. The molecule has 17 heavy (non-hydrogen) atoms. The predicted octanol–water partition coefficient (Wildman–Crippen LogP) is 3.03. The van der Waals surface area contributed by atoms with E-state index in [0.29, 0.717) is 5.92 Å². The van der Waals surface area contributed by atoms with Gasteiger partial charge in [0, 0.05) is 19.9 Å². The molecule has 1 atom stereocenters. The Bertz CT molecular complexity index is 325. The minimum atomic E-state index is -2.18. The normalized spacial score (nSPS) is 13.8. The summed E-state index contributed by atoms with van der Waals surface area (Å²) in [5.74, 6) is 0.451. The van der Waals surface area contributed by atoms with E-state index in [9.17, 15) is 0 Å². The lowest BCUT2D eigenvalue weighted by Crippen LogP contribution is -2.55. The van der Waals surface area contributed by atoms with Crippen molar-refractivity contribution >= 4 is 14.2 Å². The zero-order valence-corrected chi connectivity index (χ0v) is 12.4. The van der Waals surface area contributed by atoms with E-state index in [-0.39, 0.29) is 5.67 Å². The molecule has 1 rings (SSSR count). The first-order valence-electron chi connectivity index (χ1n) is 5.95. The smallest absolute Gasteiger partial charge is 0.357 e. The molecule has 4 heteroatoms. The van der Waals surface area contributed by atoms with Crippen LogP contribution in [0.15, 0.2) is 30.3 Å². The first-order chi connectivity index (χ1) is 8.03. The van der Waals surface area contributed by atoms with Gasteiger partial charge in [-0.2, -0.15) is 0 Å². The Balaban J connectivity index is 2.87. The van der Waals surface area contributed by atoms with Crippen LogP contribution >= 0.6 is 0 Å². The second kappa shape index (κ2) is 6.19. The van der Waals surface area contributed by atoms with E-state index in [2.05, 4.69) is 37.8 Å². The van der Waals surface area contributed by atoms with E-state index in [0.717, 1.165) is 5.69 Å². The average molecular weight is 253 g/mol. The molecule has 0 saturated carbocycles. The number of hydrogen-bond donors (Lipinski definition) is 1. The maximum Gasteiger partial charge on any atom is 0.357 e. The Kier molecular flexibility index (Phi) is 5.18. The molecule has 1 aromatic carbocycles. The lowest BCUT2D eigenvalue weighted by atomic mass is 10.2. The summed E-state index contributed by atoms with van der Waals surface area (Å²) in [7, 11) is 1.28. The van der Waals surface area contributed by atoms with Crippen LogP contribution in [0, 0.1) is 5.92 Å². The van der Waals surface area contributed by atoms with Crippen LogP contribution in [0.1, 0.15) is 13.8 Å². The summed E-state index contributed by atoms with van der Waals surface area (Å²) in [6, 6.07) is 10.2. The Morgan fingerprint density at radius 3 is 2.00 bits per heavy atom. The molecule has 0 aromatic heterocycles. The Hall–Kier alpha value is -0.843. The van der Waals surface area contributed by atoms with Crippen LogP contribution in [-0.2, 0) is 8.85 Å². The van der Waals surface area contributed by atoms with Crippen molar-refractivity contribution in [3.8, 4) is 0 Å². The molecule has 0 aliphatic carbocycles. The highest BCUT2D eigenvalue weighted by molar-refractivity contribution is 6.68. The highest BCUT2D eigenvalue weighted by Crippen LogP contribution is 2.22. The van der Waals surface area contributed by atoms with Gasteiger partial charge in [-0.3, -0.25) is 0 Å². The molecule has 1 aromatic rings. The Labute approximate surface area is 105 Å². The molecule has 3 nitrogen and oxygen atoms in total. The highest BCUT2D eigenvalue weighted by Gasteiger charge is 2.41. The van der Waals surface area contributed by atoms with Crippen LogP contribution in [0.5, 0.6) is 0 Å². The standard InChI is InChI=1S/C13H23NO2Si/c1-11(2)13(17(5,15-3)16-4)14-12-9-7-6-8-10-12/h6-11,13-14H,1-5H3. The van der Waals surface area contributed by atoms with Crippen molar-refractivity contribution in [1.82, 2.24) is 0 Å². The summed E-state index contributed by atoms with van der Waals surface area (Å²) in [5, 5.41) is 3.53. The Morgan fingerprint density at radius 2 is 1.59 bits per heavy atom. The van der Waals surface area contributed by atoms with Gasteiger partial charge in [0.25, 0.3) is 0 Å². The fourth-order valence-corrected chi connectivity index (χ4v) is 4.27. The number of rotatable bonds is 6. The zero-order valence-electron chi connectivity index (χ0n) is 11.4. The lowest BCUT2D eigenvalue weighted by molar-refractivity contribution is 0.232. The molecule has 0 fully saturated rings. The molecule has 96 valence electrons. The second-order valence-electron chi connectivity index (χ2n) is 4.66. The molecule has 1 unspecified atom stereocenters. The van der Waals surface area contributed by atoms with Gasteiger partial charge < -0.3 is 14.2 Å². The third-order valence-electron chi connectivity index (χ3n) is 3.14. The predicted molar refractivity (Wildman–Crippen MR) is 74.3 cm³/mol. The third kappa shape index (κ3) is 3.56. The van der Waals surface area contributed by atoms with Crippen molar-refractivity contribution in [2.45, 2.75) is 26.1 Å². The number of hydrogen-bond acceptors (Lipinski definition) is 3. The number of nitrogens with one attached hydrogen (secondary N) is 1. The van der Waals surface area contributed by atoms with Crippen LogP contribution in [0.2, 0.25) is 6.55 Å². The van der Waals surface area contributed by atoms with E-state index < -0.39 is 8.56 Å². The van der Waals surface area contributed by atoms with E-state index in [1.54, 1.807) is 14.2 Å². The van der Waals surface area contributed by atoms with Crippen LogP contribution in [0.3, 0.4) is 0 Å². The summed E-state index contributed by atoms with van der Waals surface area (Å²) >= 11 is 0. The quantitative estimate of drug-likeness (QED) is 0.791. The number of para-hydroxylation sites is 1. The van der Waals surface area contributed by atoms with Crippen LogP contribution in [0.25, 0.3) is 0 Å². The van der Waals surface area contributed by atoms with E-state index in [1.807, 2.05) is 18.2 Å². The van der Waals surface area contributed by atoms with E-state index in [1.165, 1.54) is 0 Å². The zero-order chi connectivity index (χ0) is 12.9. The summed E-state index contributed by atoms with van der Waals surface area (Å²) in [6.07, 6.45) is 0. The minimum absolute atomic E-state index is 0.222. The first kappa shape index (κ1) is 14.2. The van der Waals surface area contributed by atoms with Crippen LogP contribution in [-0.4, -0.2) is 28.4 Å². The Morgan fingerprint density at radius 1 is 1.06 bits per heavy atom. The van der Waals surface area contributed by atoms with Gasteiger partial charge in [0.15, 0.2) is 0 Å². The summed E-state index contributed by atoms with van der Waals surface area (Å²) in [4.78, 5) is 0. The minimum Gasteiger partial charge on any atom is -0.397 e. The monoisotopic (exact) mass is 253 g/mol. The van der Waals surface area contributed by atoms with Gasteiger partial charge in [-0.1, -0.05) is 32.0 Å². The van der Waals surface area contributed by atoms with E-state index in [4.69, 9.17) is 8.85 Å². The molecule has 0 spiro atoms. The molecular weight excluding hydrogens is 230 g/mol. The topological polar surface area (TPSA) is 30.5 Å². The first-order valence-corrected chi connectivity index (χ1v) is 8.34. The number of anilines is 1. The third-order valence-corrected chi connectivity index (χ3v) is 6.70. The summed E-state index contributed by atoms with van der Waals surface area (Å²) < 4.78 is 11.3. The van der Waals surface area contributed by atoms with Gasteiger partial charge in [0.05, 0.1) is 5.67 Å². The van der Waals surface area contributed by atoms with Crippen molar-refractivity contribution in [2.24, 2.45) is 5.92 Å². The molecule has 0 aliphatic heterocycles. The van der Waals surface area contributed by atoms with Gasteiger partial charge in [-0.25, -0.2) is 0 Å². The second-order valence-corrected chi connectivity index (χ2v) is 8.13. The molecule has 0 amide bonds. The lowest BCUT2D eigenvalue weighted by Gasteiger charge is -2.35. The highest BCUT2D eigenvalue weighted by atomic mass is 28.4. The van der Waals surface area contributed by atoms with Crippen LogP contribution in [0.4, 0.5) is 5.69 Å². The molecule has 0 saturated heterocycles. The molecule has 0 aliphatic rings. The van der Waals surface area contributed by atoms with Crippen molar-refractivity contribution < 1.29 is 8.85 Å².